The van der Waals surface area contributed by atoms with Crippen LogP contribution >= 0.6 is 24.0 Å². The van der Waals surface area contributed by atoms with Gasteiger partial charge in [-0.15, -0.1) is 24.0 Å². The molecule has 0 saturated carbocycles. The van der Waals surface area contributed by atoms with Gasteiger partial charge in [0.1, 0.15) is 6.08 Å². The Morgan fingerprint density at radius 1 is 1.23 bits per heavy atom. The Kier molecular flexibility index (Phi) is 9.43. The van der Waals surface area contributed by atoms with Gasteiger partial charge in [-0.3, -0.25) is 4.99 Å². The second-order valence-corrected chi connectivity index (χ2v) is 5.48. The summed E-state index contributed by atoms with van der Waals surface area (Å²) in [5, 5.41) is 11.1. The van der Waals surface area contributed by atoms with Crippen LogP contribution in [0.15, 0.2) is 29.3 Å². The fraction of sp³-hybridized carbons (Fsp3) is 0.562. The average Bonchev–Trinajstić information content (AvgIpc) is 2.52. The van der Waals surface area contributed by atoms with Crippen LogP contribution in [0.1, 0.15) is 13.8 Å². The van der Waals surface area contributed by atoms with E-state index in [2.05, 4.69) is 37.8 Å². The number of rotatable bonds is 7. The summed E-state index contributed by atoms with van der Waals surface area (Å²) in [5.74, 6) is 0.519. The summed E-state index contributed by atoms with van der Waals surface area (Å²) in [6, 6.07) is 7.51. The first-order valence-corrected chi connectivity index (χ1v) is 7.40. The molecule has 0 fully saturated rings. The predicted molar refractivity (Wildman–Crippen MR) is 101 cm³/mol. The van der Waals surface area contributed by atoms with E-state index in [1.165, 1.54) is 7.05 Å². The topological polar surface area (TPSA) is 47.9 Å². The van der Waals surface area contributed by atoms with Crippen molar-refractivity contribution in [2.75, 3.05) is 52.2 Å². The minimum Gasteiger partial charge on any atom is -0.567 e. The second-order valence-electron chi connectivity index (χ2n) is 5.48. The van der Waals surface area contributed by atoms with Gasteiger partial charge in [-0.2, -0.15) is 0 Å². The predicted octanol–water partition coefficient (Wildman–Crippen LogP) is 1.95. The van der Waals surface area contributed by atoms with Crippen LogP contribution in [-0.4, -0.2) is 57.9 Å². The van der Waals surface area contributed by atoms with Gasteiger partial charge >= 0.3 is 0 Å². The lowest BCUT2D eigenvalue weighted by molar-refractivity contribution is -0.904. The molecule has 0 aliphatic rings. The number of aliphatic imine (C=N–C) groups is 1. The summed E-state index contributed by atoms with van der Waals surface area (Å²) < 4.78 is 6.09. The zero-order valence-corrected chi connectivity index (χ0v) is 16.5. The number of hydrogen-bond acceptors (Lipinski definition) is 4. The average molecular weight is 421 g/mol. The zero-order valence-electron chi connectivity index (χ0n) is 14.2. The Labute approximate surface area is 151 Å². The van der Waals surface area contributed by atoms with Crippen molar-refractivity contribution < 1.29 is 14.3 Å². The maximum absolute atomic E-state index is 11.1. The van der Waals surface area contributed by atoms with Gasteiger partial charge in [0, 0.05) is 25.5 Å². The molecule has 1 aromatic carbocycles. The van der Waals surface area contributed by atoms with Crippen molar-refractivity contribution in [1.29, 1.82) is 0 Å². The van der Waals surface area contributed by atoms with Gasteiger partial charge in [-0.1, -0.05) is 0 Å². The first-order chi connectivity index (χ1) is 9.94. The van der Waals surface area contributed by atoms with Gasteiger partial charge in [0.25, 0.3) is 0 Å². The van der Waals surface area contributed by atoms with Crippen LogP contribution in [0.5, 0.6) is 5.75 Å². The van der Waals surface area contributed by atoms with E-state index in [-0.39, 0.29) is 24.0 Å². The monoisotopic (exact) mass is 421 g/mol. The van der Waals surface area contributed by atoms with Gasteiger partial charge in [0.2, 0.25) is 0 Å². The fourth-order valence-electron chi connectivity index (χ4n) is 1.98. The third kappa shape index (κ3) is 6.39. The molecule has 0 aromatic heterocycles. The molecule has 0 unspecified atom stereocenters. The normalized spacial score (nSPS) is 11.8. The van der Waals surface area contributed by atoms with Crippen molar-refractivity contribution >= 4 is 35.7 Å². The standard InChI is InChI=1S/C16H27N3O2.HI/c1-6-19(5,7-2)13-12-18(4)14-8-10-15(11-9-14)21-16(20)17-3;/h8-11H,6-7,12-13H2,1-5H3;1H. The molecule has 126 valence electrons. The molecule has 0 atom stereocenters. The van der Waals surface area contributed by atoms with E-state index in [4.69, 9.17) is 4.74 Å². The highest BCUT2D eigenvalue weighted by atomic mass is 127. The van der Waals surface area contributed by atoms with Gasteiger partial charge in [-0.05, 0) is 38.1 Å². The number of nitrogens with zero attached hydrogens (tertiary/aromatic N) is 3. The second kappa shape index (κ2) is 9.89. The molecule has 0 spiro atoms. The van der Waals surface area contributed by atoms with Crippen LogP contribution in [0.3, 0.4) is 0 Å². The highest BCUT2D eigenvalue weighted by Crippen LogP contribution is 2.18. The number of likely N-dealkylation sites (N-methyl/N-ethyl adjacent to an activating group) is 2. The Bertz CT molecular complexity index is 459. The van der Waals surface area contributed by atoms with Crippen molar-refractivity contribution in [2.45, 2.75) is 13.8 Å². The molecular weight excluding hydrogens is 393 g/mol. The summed E-state index contributed by atoms with van der Waals surface area (Å²) in [7, 11) is 5.78. The van der Waals surface area contributed by atoms with E-state index in [0.29, 0.717) is 5.75 Å². The maximum atomic E-state index is 11.1. The quantitative estimate of drug-likeness (QED) is 0.293. The Hall–Kier alpha value is -1.02. The van der Waals surface area contributed by atoms with Crippen molar-refractivity contribution in [3.05, 3.63) is 24.3 Å². The van der Waals surface area contributed by atoms with Crippen LogP contribution in [-0.2, 0) is 0 Å². The van der Waals surface area contributed by atoms with Gasteiger partial charge in [0.15, 0.2) is 0 Å². The molecule has 0 aliphatic carbocycles. The van der Waals surface area contributed by atoms with Crippen molar-refractivity contribution in [1.82, 2.24) is 0 Å². The first kappa shape index (κ1) is 21.0. The van der Waals surface area contributed by atoms with Crippen molar-refractivity contribution in [3.63, 3.8) is 0 Å². The molecule has 0 aliphatic heterocycles. The molecule has 0 N–H and O–H groups in total. The molecule has 0 radical (unpaired) electrons. The summed E-state index contributed by atoms with van der Waals surface area (Å²) in [6.45, 7) is 8.83. The van der Waals surface area contributed by atoms with E-state index in [1.54, 1.807) is 12.1 Å². The smallest absolute Gasteiger partial charge is 0.149 e. The molecule has 1 rings (SSSR count). The highest BCUT2D eigenvalue weighted by molar-refractivity contribution is 14.0. The Morgan fingerprint density at radius 3 is 2.23 bits per heavy atom. The van der Waals surface area contributed by atoms with E-state index in [9.17, 15) is 5.11 Å². The SMILES string of the molecule is CC[N+](C)(CC)CCN(C)c1ccc(OC([O-])=NC)cc1.I. The molecule has 0 heterocycles. The molecular formula is C16H28IN3O2. The van der Waals surface area contributed by atoms with Crippen LogP contribution in [0.2, 0.25) is 0 Å². The minimum atomic E-state index is -0.574. The van der Waals surface area contributed by atoms with E-state index in [1.807, 2.05) is 12.1 Å². The van der Waals surface area contributed by atoms with Crippen LogP contribution in [0.25, 0.3) is 0 Å². The summed E-state index contributed by atoms with van der Waals surface area (Å²) >= 11 is 0. The Balaban J connectivity index is 0.00000441. The van der Waals surface area contributed by atoms with E-state index in [0.717, 1.165) is 36.3 Å². The van der Waals surface area contributed by atoms with Crippen molar-refractivity contribution in [3.8, 4) is 5.75 Å². The number of hydrogen-bond donors (Lipinski definition) is 0. The summed E-state index contributed by atoms with van der Waals surface area (Å²) in [5.41, 5.74) is 1.11. The van der Waals surface area contributed by atoms with Gasteiger partial charge < -0.3 is 19.2 Å². The lowest BCUT2D eigenvalue weighted by Crippen LogP contribution is -2.47. The number of halogens is 1. The summed E-state index contributed by atoms with van der Waals surface area (Å²) in [6.07, 6.45) is -0.574. The van der Waals surface area contributed by atoms with Crippen LogP contribution in [0, 0.1) is 0 Å². The fourth-order valence-corrected chi connectivity index (χ4v) is 1.98. The largest absolute Gasteiger partial charge is 0.567 e. The van der Waals surface area contributed by atoms with Gasteiger partial charge in [0.05, 0.1) is 33.2 Å². The minimum absolute atomic E-state index is 0. The third-order valence-corrected chi connectivity index (χ3v) is 4.17. The molecule has 22 heavy (non-hydrogen) atoms. The molecule has 5 nitrogen and oxygen atoms in total. The van der Waals surface area contributed by atoms with Gasteiger partial charge in [-0.25, -0.2) is 0 Å². The molecule has 0 amide bonds. The summed E-state index contributed by atoms with van der Waals surface area (Å²) in [4.78, 5) is 5.66. The molecule has 6 heteroatoms. The van der Waals surface area contributed by atoms with E-state index >= 15 is 0 Å². The third-order valence-electron chi connectivity index (χ3n) is 4.17. The van der Waals surface area contributed by atoms with E-state index < -0.39 is 6.08 Å². The van der Waals surface area contributed by atoms with Crippen molar-refractivity contribution in [2.24, 2.45) is 4.99 Å². The first-order valence-electron chi connectivity index (χ1n) is 7.40. The number of ether oxygens (including phenoxy) is 1. The highest BCUT2D eigenvalue weighted by Gasteiger charge is 2.16. The lowest BCUT2D eigenvalue weighted by Gasteiger charge is -2.34. The number of benzene rings is 1. The molecule has 0 saturated heterocycles. The zero-order chi connectivity index (χ0) is 15.9. The Morgan fingerprint density at radius 2 is 1.77 bits per heavy atom. The molecule has 1 aromatic rings. The number of quaternary nitrogens is 1. The molecule has 0 bridgehead atoms. The lowest BCUT2D eigenvalue weighted by atomic mass is 10.2. The maximum Gasteiger partial charge on any atom is 0.149 e. The van der Waals surface area contributed by atoms with Crippen LogP contribution in [0.4, 0.5) is 5.69 Å². The van der Waals surface area contributed by atoms with Crippen LogP contribution < -0.4 is 14.7 Å². The number of anilines is 1.